The third-order valence-electron chi connectivity index (χ3n) is 3.31. The summed E-state index contributed by atoms with van der Waals surface area (Å²) in [5, 5.41) is 4.60. The van der Waals surface area contributed by atoms with E-state index in [1.165, 1.54) is 18.2 Å². The van der Waals surface area contributed by atoms with Gasteiger partial charge in [0, 0.05) is 12.2 Å². The molecule has 23 heavy (non-hydrogen) atoms. The summed E-state index contributed by atoms with van der Waals surface area (Å²) in [6.07, 6.45) is 1.05. The van der Waals surface area contributed by atoms with Gasteiger partial charge in [-0.3, -0.25) is 4.79 Å². The van der Waals surface area contributed by atoms with Gasteiger partial charge in [0.1, 0.15) is 0 Å². The summed E-state index contributed by atoms with van der Waals surface area (Å²) in [4.78, 5) is 8.95. The molecular formula is C18H21Cl2NO2. The molecule has 0 saturated heterocycles. The Kier molecular flexibility index (Phi) is 8.52. The number of hydrogen-bond acceptors (Lipinski definition) is 3. The van der Waals surface area contributed by atoms with Crippen LogP contribution in [-0.2, 0) is 22.5 Å². The van der Waals surface area contributed by atoms with Crippen molar-refractivity contribution in [2.45, 2.75) is 26.8 Å². The monoisotopic (exact) mass is 353 g/mol. The maximum Gasteiger partial charge on any atom is 0.292 e. The summed E-state index contributed by atoms with van der Waals surface area (Å²) in [6.45, 7) is 5.43. The fourth-order valence-electron chi connectivity index (χ4n) is 2.02. The van der Waals surface area contributed by atoms with Gasteiger partial charge in [0.15, 0.2) is 0 Å². The van der Waals surface area contributed by atoms with Crippen LogP contribution in [0.4, 0.5) is 5.69 Å². The van der Waals surface area contributed by atoms with Gasteiger partial charge in [-0.25, -0.2) is 0 Å². The lowest BCUT2D eigenvalue weighted by Gasteiger charge is -2.10. The first-order valence-electron chi connectivity index (χ1n) is 7.25. The highest BCUT2D eigenvalue weighted by atomic mass is 35.5. The van der Waals surface area contributed by atoms with E-state index in [0.29, 0.717) is 16.5 Å². The van der Waals surface area contributed by atoms with Crippen LogP contribution in [0.2, 0.25) is 10.0 Å². The molecule has 0 heterocycles. The number of ether oxygens (including phenoxy) is 1. The van der Waals surface area contributed by atoms with Crippen LogP contribution in [-0.4, -0.2) is 13.6 Å². The molecule has 0 spiro atoms. The molecule has 2 aromatic carbocycles. The molecule has 0 atom stereocenters. The molecule has 0 radical (unpaired) electrons. The maximum atomic E-state index is 8.95. The van der Waals surface area contributed by atoms with Gasteiger partial charge in [0.05, 0.1) is 17.2 Å². The topological polar surface area (TPSA) is 38.3 Å². The Morgan fingerprint density at radius 3 is 2.39 bits per heavy atom. The highest BCUT2D eigenvalue weighted by Crippen LogP contribution is 2.23. The van der Waals surface area contributed by atoms with Crippen molar-refractivity contribution in [3.8, 4) is 0 Å². The summed E-state index contributed by atoms with van der Waals surface area (Å²) >= 11 is 11.9. The van der Waals surface area contributed by atoms with Crippen molar-refractivity contribution in [2.75, 3.05) is 12.4 Å². The molecule has 0 unspecified atom stereocenters. The Balaban J connectivity index is 0.000000593. The zero-order valence-corrected chi connectivity index (χ0v) is 15.0. The predicted molar refractivity (Wildman–Crippen MR) is 97.4 cm³/mol. The van der Waals surface area contributed by atoms with Crippen molar-refractivity contribution in [1.82, 2.24) is 0 Å². The van der Waals surface area contributed by atoms with Crippen molar-refractivity contribution in [1.29, 1.82) is 0 Å². The molecule has 2 aromatic rings. The zero-order chi connectivity index (χ0) is 17.2. The fraction of sp³-hybridized carbons (Fsp3) is 0.278. The van der Waals surface area contributed by atoms with Crippen molar-refractivity contribution in [2.24, 2.45) is 0 Å². The highest BCUT2D eigenvalue weighted by Gasteiger charge is 2.01. The van der Waals surface area contributed by atoms with Crippen molar-refractivity contribution in [3.63, 3.8) is 0 Å². The number of hydrogen-bond donors (Lipinski definition) is 1. The number of nitrogens with one attached hydrogen (secondary N) is 1. The molecule has 0 fully saturated rings. The van der Waals surface area contributed by atoms with E-state index in [2.05, 4.69) is 42.1 Å². The minimum absolute atomic E-state index is 0.375. The Bertz CT molecular complexity index is 645. The largest absolute Gasteiger partial charge is 0.471 e. The van der Waals surface area contributed by atoms with Crippen LogP contribution >= 0.6 is 23.2 Å². The van der Waals surface area contributed by atoms with E-state index >= 15 is 0 Å². The van der Waals surface area contributed by atoms with Crippen LogP contribution in [0, 0.1) is 6.92 Å². The molecule has 0 aromatic heterocycles. The van der Waals surface area contributed by atoms with Crippen LogP contribution in [0.15, 0.2) is 36.4 Å². The molecule has 0 bridgehead atoms. The molecule has 0 aliphatic heterocycles. The normalized spacial score (nSPS) is 9.61. The van der Waals surface area contributed by atoms with Crippen molar-refractivity contribution in [3.05, 3.63) is 63.1 Å². The Labute approximate surface area is 147 Å². The molecule has 0 amide bonds. The third kappa shape index (κ3) is 6.51. The number of halogens is 2. The lowest BCUT2D eigenvalue weighted by Crippen LogP contribution is -2.00. The van der Waals surface area contributed by atoms with Gasteiger partial charge < -0.3 is 10.1 Å². The first kappa shape index (κ1) is 19.3. The fourth-order valence-corrected chi connectivity index (χ4v) is 2.34. The van der Waals surface area contributed by atoms with E-state index in [4.69, 9.17) is 28.0 Å². The van der Waals surface area contributed by atoms with E-state index in [0.717, 1.165) is 24.2 Å². The summed E-state index contributed by atoms with van der Waals surface area (Å²) in [6, 6.07) is 12.2. The maximum absolute atomic E-state index is 8.95. The van der Waals surface area contributed by atoms with Crippen LogP contribution in [0.1, 0.15) is 23.6 Å². The second-order valence-electron chi connectivity index (χ2n) is 4.93. The molecule has 0 aliphatic rings. The summed E-state index contributed by atoms with van der Waals surface area (Å²) < 4.78 is 3.86. The zero-order valence-electron chi connectivity index (χ0n) is 13.5. The second kappa shape index (κ2) is 10.1. The quantitative estimate of drug-likeness (QED) is 0.744. The third-order valence-corrected chi connectivity index (χ3v) is 4.05. The minimum Gasteiger partial charge on any atom is -0.471 e. The van der Waals surface area contributed by atoms with Gasteiger partial charge in [-0.2, -0.15) is 0 Å². The molecule has 2 rings (SSSR count). The van der Waals surface area contributed by atoms with Crippen molar-refractivity contribution < 1.29 is 9.53 Å². The van der Waals surface area contributed by atoms with Gasteiger partial charge in [-0.05, 0) is 54.3 Å². The number of methoxy groups -OCH3 is 1. The summed E-state index contributed by atoms with van der Waals surface area (Å²) in [7, 11) is 1.31. The van der Waals surface area contributed by atoms with E-state index in [9.17, 15) is 0 Å². The van der Waals surface area contributed by atoms with Gasteiger partial charge in [-0.15, -0.1) is 0 Å². The smallest absolute Gasteiger partial charge is 0.292 e. The van der Waals surface area contributed by atoms with Crippen LogP contribution in [0.5, 0.6) is 0 Å². The molecule has 5 heteroatoms. The first-order chi connectivity index (χ1) is 11.0. The Hall–Kier alpha value is -1.71. The van der Waals surface area contributed by atoms with Gasteiger partial charge >= 0.3 is 0 Å². The average molecular weight is 354 g/mol. The Morgan fingerprint density at radius 1 is 1.13 bits per heavy atom. The first-order valence-corrected chi connectivity index (χ1v) is 8.01. The van der Waals surface area contributed by atoms with Gasteiger partial charge in [-0.1, -0.05) is 42.3 Å². The number of aryl methyl sites for hydroxylation is 2. The average Bonchev–Trinajstić information content (AvgIpc) is 2.57. The highest BCUT2D eigenvalue weighted by molar-refractivity contribution is 6.42. The van der Waals surface area contributed by atoms with E-state index < -0.39 is 0 Å². The molecule has 0 aliphatic carbocycles. The van der Waals surface area contributed by atoms with Crippen LogP contribution in [0.25, 0.3) is 0 Å². The standard InChI is InChI=1S/C16H17Cl2N.C2H4O2/c1-3-13-9-14(6-4-11(13)2)19-10-12-5-7-15(17)16(18)8-12;1-4-2-3/h4-9,19H,3,10H2,1-2H3;2H,1H3. The van der Waals surface area contributed by atoms with E-state index in [1.54, 1.807) is 0 Å². The second-order valence-corrected chi connectivity index (χ2v) is 5.74. The van der Waals surface area contributed by atoms with E-state index in [-0.39, 0.29) is 0 Å². The van der Waals surface area contributed by atoms with Crippen LogP contribution in [0.3, 0.4) is 0 Å². The predicted octanol–water partition coefficient (Wildman–Crippen LogP) is 5.27. The number of rotatable bonds is 5. The van der Waals surface area contributed by atoms with Gasteiger partial charge in [0.2, 0.25) is 0 Å². The lowest BCUT2D eigenvalue weighted by molar-refractivity contribution is -0.126. The number of carbonyl (C=O) groups is 1. The van der Waals surface area contributed by atoms with Crippen LogP contribution < -0.4 is 5.32 Å². The Morgan fingerprint density at radius 2 is 1.83 bits per heavy atom. The van der Waals surface area contributed by atoms with E-state index in [1.807, 2.05) is 18.2 Å². The molecule has 0 saturated carbocycles. The summed E-state index contributed by atoms with van der Waals surface area (Å²) in [5.41, 5.74) is 4.96. The van der Waals surface area contributed by atoms with Gasteiger partial charge in [0.25, 0.3) is 6.47 Å². The molecule has 124 valence electrons. The minimum atomic E-state index is 0.375. The molecule has 1 N–H and O–H groups in total. The number of anilines is 1. The number of benzene rings is 2. The SMILES string of the molecule is CCc1cc(NCc2ccc(Cl)c(Cl)c2)ccc1C.COC=O. The lowest BCUT2D eigenvalue weighted by atomic mass is 10.1. The van der Waals surface area contributed by atoms with Crippen molar-refractivity contribution >= 4 is 35.4 Å². The molecule has 3 nitrogen and oxygen atoms in total. The number of carbonyl (C=O) groups excluding carboxylic acids is 1. The summed E-state index contributed by atoms with van der Waals surface area (Å²) in [5.74, 6) is 0. The molecular weight excluding hydrogens is 333 g/mol.